The normalized spacial score (nSPS) is 10.7. The van der Waals surface area contributed by atoms with E-state index in [9.17, 15) is 4.79 Å². The number of methoxy groups -OCH3 is 1. The molecule has 0 saturated heterocycles. The molecule has 0 radical (unpaired) electrons. The number of pyridine rings is 1. The van der Waals surface area contributed by atoms with Gasteiger partial charge in [-0.1, -0.05) is 43.1 Å². The van der Waals surface area contributed by atoms with Gasteiger partial charge in [-0.3, -0.25) is 4.79 Å². The van der Waals surface area contributed by atoms with Crippen LogP contribution < -0.4 is 14.8 Å². The molecule has 0 aliphatic carbocycles. The summed E-state index contributed by atoms with van der Waals surface area (Å²) >= 11 is 11.8. The third-order valence-electron chi connectivity index (χ3n) is 3.66. The molecule has 7 heteroatoms. The molecule has 0 aliphatic rings. The number of hydrogen-bond donors (Lipinski definition) is 1. The number of benzene rings is 1. The summed E-state index contributed by atoms with van der Waals surface area (Å²) in [6, 6.07) is 8.62. The Morgan fingerprint density at radius 2 is 1.96 bits per heavy atom. The summed E-state index contributed by atoms with van der Waals surface area (Å²) in [5, 5.41) is 3.23. The fourth-order valence-electron chi connectivity index (χ4n) is 2.19. The molecule has 140 valence electrons. The second-order valence-electron chi connectivity index (χ2n) is 6.16. The van der Waals surface area contributed by atoms with Crippen LogP contribution >= 0.6 is 23.2 Å². The lowest BCUT2D eigenvalue weighted by molar-refractivity contribution is 0.0946. The quantitative estimate of drug-likeness (QED) is 0.653. The van der Waals surface area contributed by atoms with E-state index in [1.54, 1.807) is 7.11 Å². The van der Waals surface area contributed by atoms with Crippen molar-refractivity contribution in [2.75, 3.05) is 13.7 Å². The Morgan fingerprint density at radius 1 is 1.19 bits per heavy atom. The number of rotatable bonds is 8. The van der Waals surface area contributed by atoms with Crippen LogP contribution in [-0.2, 0) is 6.54 Å². The van der Waals surface area contributed by atoms with Crippen LogP contribution in [0, 0.1) is 5.92 Å². The van der Waals surface area contributed by atoms with Crippen LogP contribution in [0.1, 0.15) is 36.3 Å². The maximum absolute atomic E-state index is 12.2. The second kappa shape index (κ2) is 9.64. The van der Waals surface area contributed by atoms with Crippen LogP contribution in [0.2, 0.25) is 10.2 Å². The lowest BCUT2D eigenvalue weighted by Gasteiger charge is -2.13. The molecule has 2 rings (SSSR count). The first-order valence-electron chi connectivity index (χ1n) is 8.30. The highest BCUT2D eigenvalue weighted by molar-refractivity contribution is 6.34. The molecule has 1 aromatic heterocycles. The van der Waals surface area contributed by atoms with Gasteiger partial charge in [-0.15, -0.1) is 0 Å². The summed E-state index contributed by atoms with van der Waals surface area (Å²) in [7, 11) is 1.59. The molecule has 0 saturated carbocycles. The Hall–Kier alpha value is -1.98. The van der Waals surface area contributed by atoms with Gasteiger partial charge >= 0.3 is 0 Å². The second-order valence-corrected chi connectivity index (χ2v) is 6.96. The summed E-state index contributed by atoms with van der Waals surface area (Å²) in [6.45, 7) is 5.22. The molecule has 0 atom stereocenters. The van der Waals surface area contributed by atoms with Gasteiger partial charge in [0.2, 0.25) is 0 Å². The first kappa shape index (κ1) is 20.3. The fraction of sp³-hybridized carbons (Fsp3) is 0.368. The van der Waals surface area contributed by atoms with Gasteiger partial charge < -0.3 is 14.8 Å². The van der Waals surface area contributed by atoms with Gasteiger partial charge in [-0.05, 0) is 42.2 Å². The van der Waals surface area contributed by atoms with E-state index in [4.69, 9.17) is 32.7 Å². The molecule has 1 N–H and O–H groups in total. The molecular formula is C19H22Cl2N2O3. The van der Waals surface area contributed by atoms with Crippen molar-refractivity contribution >= 4 is 29.1 Å². The predicted octanol–water partition coefficient (Wildman–Crippen LogP) is 4.75. The number of carbonyl (C=O) groups is 1. The van der Waals surface area contributed by atoms with E-state index in [1.807, 2.05) is 18.2 Å². The molecule has 5 nitrogen and oxygen atoms in total. The third-order valence-corrected chi connectivity index (χ3v) is 4.18. The van der Waals surface area contributed by atoms with Crippen LogP contribution in [0.5, 0.6) is 11.5 Å². The van der Waals surface area contributed by atoms with Crippen molar-refractivity contribution < 1.29 is 14.3 Å². The van der Waals surface area contributed by atoms with Gasteiger partial charge in [-0.25, -0.2) is 4.98 Å². The van der Waals surface area contributed by atoms with Crippen molar-refractivity contribution in [3.8, 4) is 11.5 Å². The van der Waals surface area contributed by atoms with E-state index in [-0.39, 0.29) is 15.9 Å². The van der Waals surface area contributed by atoms with Gasteiger partial charge in [0.1, 0.15) is 10.8 Å². The van der Waals surface area contributed by atoms with Gasteiger partial charge in [0, 0.05) is 6.54 Å². The number of nitrogens with one attached hydrogen (secondary N) is 1. The average Bonchev–Trinajstić information content (AvgIpc) is 2.62. The molecule has 0 unspecified atom stereocenters. The van der Waals surface area contributed by atoms with E-state index in [0.717, 1.165) is 12.0 Å². The largest absolute Gasteiger partial charge is 0.493 e. The van der Waals surface area contributed by atoms with Crippen LogP contribution in [0.3, 0.4) is 0 Å². The van der Waals surface area contributed by atoms with Crippen molar-refractivity contribution in [3.63, 3.8) is 0 Å². The van der Waals surface area contributed by atoms with Crippen molar-refractivity contribution in [1.82, 2.24) is 10.3 Å². The summed E-state index contributed by atoms with van der Waals surface area (Å²) in [5.74, 6) is 1.48. The Kier molecular flexibility index (Phi) is 7.54. The van der Waals surface area contributed by atoms with Gasteiger partial charge in [0.25, 0.3) is 5.91 Å². The van der Waals surface area contributed by atoms with Crippen molar-refractivity contribution in [1.29, 1.82) is 0 Å². The standard InChI is InChI=1S/C19H22Cl2N2O3/c1-12(2)8-9-26-15-6-4-13(10-16(15)25-3)11-22-19(24)18-14(20)5-7-17(21)23-18/h4-7,10,12H,8-9,11H2,1-3H3,(H,22,24). The maximum Gasteiger partial charge on any atom is 0.271 e. The molecule has 0 fully saturated rings. The molecule has 2 aromatic rings. The molecule has 1 heterocycles. The Balaban J connectivity index is 2.01. The number of carbonyl (C=O) groups excluding carboxylic acids is 1. The monoisotopic (exact) mass is 396 g/mol. The van der Waals surface area contributed by atoms with Gasteiger partial charge in [0.05, 0.1) is 18.7 Å². The van der Waals surface area contributed by atoms with Crippen LogP contribution in [0.15, 0.2) is 30.3 Å². The number of aromatic nitrogens is 1. The lowest BCUT2D eigenvalue weighted by Crippen LogP contribution is -2.24. The molecule has 26 heavy (non-hydrogen) atoms. The minimum Gasteiger partial charge on any atom is -0.493 e. The Morgan fingerprint density at radius 3 is 2.65 bits per heavy atom. The molecular weight excluding hydrogens is 375 g/mol. The molecule has 0 spiro atoms. The summed E-state index contributed by atoms with van der Waals surface area (Å²) in [6.07, 6.45) is 0.967. The van der Waals surface area contributed by atoms with Gasteiger partial charge in [-0.2, -0.15) is 0 Å². The van der Waals surface area contributed by atoms with Crippen LogP contribution in [0.25, 0.3) is 0 Å². The number of ether oxygens (including phenoxy) is 2. The third kappa shape index (κ3) is 5.78. The van der Waals surface area contributed by atoms with E-state index >= 15 is 0 Å². The smallest absolute Gasteiger partial charge is 0.271 e. The summed E-state index contributed by atoms with van der Waals surface area (Å²) in [5.41, 5.74) is 0.962. The highest BCUT2D eigenvalue weighted by Gasteiger charge is 2.13. The zero-order valence-electron chi connectivity index (χ0n) is 15.0. The first-order valence-corrected chi connectivity index (χ1v) is 9.06. The topological polar surface area (TPSA) is 60.5 Å². The van der Waals surface area contributed by atoms with Gasteiger partial charge in [0.15, 0.2) is 11.5 Å². The molecule has 1 amide bonds. The minimum atomic E-state index is -0.395. The average molecular weight is 397 g/mol. The Labute approximate surface area is 163 Å². The molecule has 1 aromatic carbocycles. The zero-order chi connectivity index (χ0) is 19.1. The van der Waals surface area contributed by atoms with Crippen molar-refractivity contribution in [2.45, 2.75) is 26.8 Å². The summed E-state index contributed by atoms with van der Waals surface area (Å²) < 4.78 is 11.1. The van der Waals surface area contributed by atoms with Crippen molar-refractivity contribution in [2.24, 2.45) is 5.92 Å². The van der Waals surface area contributed by atoms with Crippen molar-refractivity contribution in [3.05, 3.63) is 51.8 Å². The summed E-state index contributed by atoms with van der Waals surface area (Å²) in [4.78, 5) is 16.2. The van der Waals surface area contributed by atoms with E-state index in [1.165, 1.54) is 12.1 Å². The minimum absolute atomic E-state index is 0.0970. The van der Waals surface area contributed by atoms with E-state index in [0.29, 0.717) is 30.6 Å². The highest BCUT2D eigenvalue weighted by atomic mass is 35.5. The zero-order valence-corrected chi connectivity index (χ0v) is 16.5. The number of nitrogens with zero attached hydrogens (tertiary/aromatic N) is 1. The Bertz CT molecular complexity index is 766. The highest BCUT2D eigenvalue weighted by Crippen LogP contribution is 2.28. The number of amides is 1. The fourth-order valence-corrected chi connectivity index (χ4v) is 2.53. The van der Waals surface area contributed by atoms with E-state index in [2.05, 4.69) is 24.1 Å². The first-order chi connectivity index (χ1) is 12.4. The van der Waals surface area contributed by atoms with E-state index < -0.39 is 5.91 Å². The maximum atomic E-state index is 12.2. The van der Waals surface area contributed by atoms with Crippen LogP contribution in [-0.4, -0.2) is 24.6 Å². The number of hydrogen-bond acceptors (Lipinski definition) is 4. The molecule has 0 aliphatic heterocycles. The number of halogens is 2. The molecule has 0 bridgehead atoms. The SMILES string of the molecule is COc1cc(CNC(=O)c2nc(Cl)ccc2Cl)ccc1OCCC(C)C. The predicted molar refractivity (Wildman–Crippen MR) is 103 cm³/mol. The van der Waals surface area contributed by atoms with Crippen LogP contribution in [0.4, 0.5) is 0 Å². The lowest BCUT2D eigenvalue weighted by atomic mass is 10.1.